The highest BCUT2D eigenvalue weighted by Gasteiger charge is 2.03. The number of nitrogens with two attached hydrogens (primary N) is 1. The van der Waals surface area contributed by atoms with Crippen LogP contribution in [0.25, 0.3) is 6.08 Å². The first-order chi connectivity index (χ1) is 6.13. The van der Waals surface area contributed by atoms with E-state index in [1.807, 2.05) is 6.07 Å². The van der Waals surface area contributed by atoms with E-state index in [1.165, 1.54) is 17.4 Å². The van der Waals surface area contributed by atoms with Gasteiger partial charge in [0.2, 0.25) is 0 Å². The summed E-state index contributed by atoms with van der Waals surface area (Å²) in [5.41, 5.74) is 4.93. The lowest BCUT2D eigenvalue weighted by atomic mass is 10.2. The Morgan fingerprint density at radius 1 is 1.69 bits per heavy atom. The number of thiophene rings is 1. The van der Waals surface area contributed by atoms with E-state index in [-0.39, 0.29) is 5.57 Å². The summed E-state index contributed by atoms with van der Waals surface area (Å²) in [7, 11) is 0. The molecule has 1 aromatic rings. The minimum atomic E-state index is -0.702. The second kappa shape index (κ2) is 4.21. The molecule has 13 heavy (non-hydrogen) atoms. The zero-order valence-electron chi connectivity index (χ0n) is 6.45. The Hall–Kier alpha value is -1.12. The van der Waals surface area contributed by atoms with Crippen molar-refractivity contribution in [3.63, 3.8) is 0 Å². The third kappa shape index (κ3) is 2.68. The average Bonchev–Trinajstić information content (AvgIpc) is 2.46. The van der Waals surface area contributed by atoms with Gasteiger partial charge in [-0.2, -0.15) is 5.26 Å². The third-order valence-corrected chi connectivity index (χ3v) is 2.84. The predicted molar refractivity (Wildman–Crippen MR) is 54.8 cm³/mol. The molecule has 0 aliphatic carbocycles. The van der Waals surface area contributed by atoms with Crippen LogP contribution in [0.1, 0.15) is 4.88 Å². The van der Waals surface area contributed by atoms with Crippen LogP contribution < -0.4 is 5.73 Å². The van der Waals surface area contributed by atoms with Crippen LogP contribution in [-0.2, 0) is 4.79 Å². The molecule has 1 rings (SSSR count). The lowest BCUT2D eigenvalue weighted by molar-refractivity contribution is -0.114. The van der Waals surface area contributed by atoms with Crippen LogP contribution >= 0.6 is 27.3 Å². The summed E-state index contributed by atoms with van der Waals surface area (Å²) >= 11 is 4.70. The molecule has 0 fully saturated rings. The number of amides is 1. The van der Waals surface area contributed by atoms with E-state index >= 15 is 0 Å². The number of carbonyl (C=O) groups is 1. The molecule has 0 bridgehead atoms. The quantitative estimate of drug-likeness (QED) is 0.649. The molecule has 1 amide bonds. The van der Waals surface area contributed by atoms with E-state index in [0.29, 0.717) is 0 Å². The monoisotopic (exact) mass is 256 g/mol. The van der Waals surface area contributed by atoms with E-state index < -0.39 is 5.91 Å². The van der Waals surface area contributed by atoms with Crippen molar-refractivity contribution in [2.24, 2.45) is 5.73 Å². The fourth-order valence-electron chi connectivity index (χ4n) is 0.707. The van der Waals surface area contributed by atoms with Gasteiger partial charge in [-0.3, -0.25) is 4.79 Å². The van der Waals surface area contributed by atoms with Gasteiger partial charge >= 0.3 is 0 Å². The van der Waals surface area contributed by atoms with Gasteiger partial charge in [0.05, 0.1) is 3.79 Å². The highest BCUT2D eigenvalue weighted by atomic mass is 79.9. The maximum Gasteiger partial charge on any atom is 0.259 e. The van der Waals surface area contributed by atoms with Crippen molar-refractivity contribution in [1.82, 2.24) is 0 Å². The van der Waals surface area contributed by atoms with Crippen LogP contribution in [0.5, 0.6) is 0 Å². The number of nitrogens with zero attached hydrogens (tertiary/aromatic N) is 1. The number of nitriles is 1. The van der Waals surface area contributed by atoms with Crippen LogP contribution in [0.3, 0.4) is 0 Å². The Bertz CT molecular complexity index is 403. The van der Waals surface area contributed by atoms with Gasteiger partial charge in [-0.1, -0.05) is 0 Å². The van der Waals surface area contributed by atoms with Crippen molar-refractivity contribution in [3.8, 4) is 6.07 Å². The molecule has 1 heterocycles. The second-order valence-corrected chi connectivity index (χ2v) is 4.67. The number of halogens is 1. The van der Waals surface area contributed by atoms with Crippen molar-refractivity contribution >= 4 is 39.2 Å². The summed E-state index contributed by atoms with van der Waals surface area (Å²) in [5, 5.41) is 8.54. The first-order valence-electron chi connectivity index (χ1n) is 3.30. The standard InChI is InChI=1S/C8H5BrN2OS/c9-7-2-1-6(13-7)3-5(4-10)8(11)12/h1-3H,(H2,11,12)/b5-3-. The molecule has 2 N–H and O–H groups in total. The topological polar surface area (TPSA) is 66.9 Å². The molecule has 0 aromatic carbocycles. The van der Waals surface area contributed by atoms with Crippen LogP contribution in [0, 0.1) is 11.3 Å². The van der Waals surface area contributed by atoms with Gasteiger partial charge in [0.1, 0.15) is 11.6 Å². The van der Waals surface area contributed by atoms with Crippen molar-refractivity contribution < 1.29 is 4.79 Å². The first kappa shape index (κ1) is 9.96. The van der Waals surface area contributed by atoms with Crippen molar-refractivity contribution in [2.45, 2.75) is 0 Å². The fourth-order valence-corrected chi connectivity index (χ4v) is 2.07. The zero-order valence-corrected chi connectivity index (χ0v) is 8.85. The minimum Gasteiger partial charge on any atom is -0.365 e. The normalized spacial score (nSPS) is 10.9. The van der Waals surface area contributed by atoms with Gasteiger partial charge in [-0.05, 0) is 34.1 Å². The van der Waals surface area contributed by atoms with Crippen molar-refractivity contribution in [2.75, 3.05) is 0 Å². The number of rotatable bonds is 2. The number of primary amides is 1. The molecule has 0 radical (unpaired) electrons. The molecule has 0 saturated carbocycles. The van der Waals surface area contributed by atoms with Crippen molar-refractivity contribution in [1.29, 1.82) is 5.26 Å². The van der Waals surface area contributed by atoms with Crippen LogP contribution in [0.15, 0.2) is 21.5 Å². The SMILES string of the molecule is N#C/C(=C/c1ccc(Br)s1)C(N)=O. The minimum absolute atomic E-state index is 0.0330. The van der Waals surface area contributed by atoms with Crippen LogP contribution in [0.2, 0.25) is 0 Å². The fraction of sp³-hybridized carbons (Fsp3) is 0. The summed E-state index contributed by atoms with van der Waals surface area (Å²) in [6, 6.07) is 5.38. The molecule has 66 valence electrons. The molecule has 0 unspecified atom stereocenters. The Labute approximate surface area is 87.6 Å². The average molecular weight is 257 g/mol. The molecule has 0 atom stereocenters. The van der Waals surface area contributed by atoms with Gasteiger partial charge in [0, 0.05) is 4.88 Å². The maximum atomic E-state index is 10.7. The van der Waals surface area contributed by atoms with Gasteiger partial charge < -0.3 is 5.73 Å². The van der Waals surface area contributed by atoms with Crippen molar-refractivity contribution in [3.05, 3.63) is 26.4 Å². The lowest BCUT2D eigenvalue weighted by Crippen LogP contribution is -2.12. The second-order valence-electron chi connectivity index (χ2n) is 2.18. The Morgan fingerprint density at radius 2 is 2.38 bits per heavy atom. The third-order valence-electron chi connectivity index (χ3n) is 1.27. The van der Waals surface area contributed by atoms with E-state index in [4.69, 9.17) is 11.0 Å². The molecule has 0 saturated heterocycles. The summed E-state index contributed by atoms with van der Waals surface area (Å²) in [4.78, 5) is 11.5. The first-order valence-corrected chi connectivity index (χ1v) is 4.91. The van der Waals surface area contributed by atoms with Crippen LogP contribution in [-0.4, -0.2) is 5.91 Å². The molecule has 0 spiro atoms. The summed E-state index contributed by atoms with van der Waals surface area (Å²) in [6.07, 6.45) is 1.47. The van der Waals surface area contributed by atoms with Gasteiger partial charge in [-0.25, -0.2) is 0 Å². The molecular formula is C8H5BrN2OS. The zero-order chi connectivity index (χ0) is 9.84. The summed E-state index contributed by atoms with van der Waals surface area (Å²) < 4.78 is 0.945. The summed E-state index contributed by atoms with van der Waals surface area (Å²) in [5.74, 6) is -0.702. The molecule has 0 aliphatic rings. The smallest absolute Gasteiger partial charge is 0.259 e. The van der Waals surface area contributed by atoms with E-state index in [1.54, 1.807) is 12.1 Å². The lowest BCUT2D eigenvalue weighted by Gasteiger charge is -1.88. The predicted octanol–water partition coefficient (Wildman–Crippen LogP) is 1.90. The number of carbonyl (C=O) groups excluding carboxylic acids is 1. The highest BCUT2D eigenvalue weighted by Crippen LogP contribution is 2.23. The summed E-state index contributed by atoms with van der Waals surface area (Å²) in [6.45, 7) is 0. The molecule has 0 aliphatic heterocycles. The van der Waals surface area contributed by atoms with E-state index in [9.17, 15) is 4.79 Å². The number of hydrogen-bond donors (Lipinski definition) is 1. The largest absolute Gasteiger partial charge is 0.365 e. The van der Waals surface area contributed by atoms with Gasteiger partial charge in [0.15, 0.2) is 0 Å². The molecule has 5 heteroatoms. The van der Waals surface area contributed by atoms with Gasteiger partial charge in [-0.15, -0.1) is 11.3 Å². The Balaban J connectivity index is 3.00. The number of hydrogen-bond acceptors (Lipinski definition) is 3. The van der Waals surface area contributed by atoms with E-state index in [0.717, 1.165) is 8.66 Å². The molecule has 1 aromatic heterocycles. The Kier molecular flexibility index (Phi) is 3.23. The Morgan fingerprint density at radius 3 is 2.77 bits per heavy atom. The maximum absolute atomic E-state index is 10.7. The highest BCUT2D eigenvalue weighted by molar-refractivity contribution is 9.11. The van der Waals surface area contributed by atoms with Gasteiger partial charge in [0.25, 0.3) is 5.91 Å². The molecule has 3 nitrogen and oxygen atoms in total. The van der Waals surface area contributed by atoms with E-state index in [2.05, 4.69) is 15.9 Å². The van der Waals surface area contributed by atoms with Crippen LogP contribution in [0.4, 0.5) is 0 Å². The molecular weight excluding hydrogens is 252 g/mol.